The van der Waals surface area contributed by atoms with Crippen molar-refractivity contribution in [1.29, 1.82) is 0 Å². The first-order valence-corrected chi connectivity index (χ1v) is 8.13. The smallest absolute Gasteiger partial charge is 0.262 e. The molecule has 2 aromatic carbocycles. The normalized spacial score (nSPS) is 10.5. The van der Waals surface area contributed by atoms with Crippen LogP contribution in [0.15, 0.2) is 52.9 Å². The maximum atomic E-state index is 11.9. The van der Waals surface area contributed by atoms with Gasteiger partial charge in [-0.3, -0.25) is 4.79 Å². The maximum Gasteiger partial charge on any atom is 0.262 e. The summed E-state index contributed by atoms with van der Waals surface area (Å²) in [6, 6.07) is 14.0. The Labute approximate surface area is 149 Å². The summed E-state index contributed by atoms with van der Waals surface area (Å²) in [4.78, 5) is 11.9. The molecule has 7 heteroatoms. The highest BCUT2D eigenvalue weighted by Gasteiger charge is 2.08. The van der Waals surface area contributed by atoms with Crippen molar-refractivity contribution in [3.8, 4) is 17.2 Å². The van der Waals surface area contributed by atoms with Gasteiger partial charge in [-0.25, -0.2) is 0 Å². The Balaban J connectivity index is 1.55. The third kappa shape index (κ3) is 4.58. The van der Waals surface area contributed by atoms with Crippen molar-refractivity contribution >= 4 is 23.2 Å². The number of nitrogens with zero attached hydrogens (tertiary/aromatic N) is 2. The Morgan fingerprint density at radius 3 is 2.68 bits per heavy atom. The average Bonchev–Trinajstić information content (AvgIpc) is 3.10. The topological polar surface area (TPSA) is 77.2 Å². The quantitative estimate of drug-likeness (QED) is 0.722. The molecular weight excluding hydrogens is 342 g/mol. The lowest BCUT2D eigenvalue weighted by Crippen LogP contribution is -2.20. The summed E-state index contributed by atoms with van der Waals surface area (Å²) in [7, 11) is 0. The molecule has 3 rings (SSSR count). The number of aryl methyl sites for hydroxylation is 1. The zero-order chi connectivity index (χ0) is 17.6. The third-order valence-electron chi connectivity index (χ3n) is 3.35. The first-order valence-electron chi connectivity index (χ1n) is 7.75. The van der Waals surface area contributed by atoms with Gasteiger partial charge in [-0.2, -0.15) is 0 Å². The van der Waals surface area contributed by atoms with Gasteiger partial charge < -0.3 is 14.5 Å². The molecule has 128 valence electrons. The van der Waals surface area contributed by atoms with Crippen molar-refractivity contribution in [2.24, 2.45) is 0 Å². The minimum atomic E-state index is -0.268. The third-order valence-corrected chi connectivity index (χ3v) is 3.58. The molecule has 0 saturated carbocycles. The summed E-state index contributed by atoms with van der Waals surface area (Å²) in [5, 5.41) is 11.2. The van der Waals surface area contributed by atoms with Crippen LogP contribution in [-0.2, 0) is 11.2 Å². The van der Waals surface area contributed by atoms with Crippen LogP contribution in [0.4, 0.5) is 5.69 Å². The molecule has 0 aliphatic carbocycles. The van der Waals surface area contributed by atoms with E-state index in [4.69, 9.17) is 20.8 Å². The van der Waals surface area contributed by atoms with Crippen molar-refractivity contribution in [1.82, 2.24) is 10.2 Å². The van der Waals surface area contributed by atoms with Crippen LogP contribution >= 0.6 is 11.6 Å². The van der Waals surface area contributed by atoms with E-state index in [1.807, 2.05) is 6.92 Å². The number of rotatable bonds is 6. The standard InChI is InChI=1S/C18H16ClN3O3/c1-2-17-21-22-18(25-17)12-6-8-15(9-7-12)24-11-16(23)20-14-5-3-4-13(19)10-14/h3-10H,2,11H2,1H3,(H,20,23). The number of carbonyl (C=O) groups is 1. The SMILES string of the molecule is CCc1nnc(-c2ccc(OCC(=O)Nc3cccc(Cl)c3)cc2)o1. The summed E-state index contributed by atoms with van der Waals surface area (Å²) >= 11 is 5.88. The highest BCUT2D eigenvalue weighted by molar-refractivity contribution is 6.30. The summed E-state index contributed by atoms with van der Waals surface area (Å²) in [6.07, 6.45) is 0.690. The van der Waals surface area contributed by atoms with Gasteiger partial charge in [-0.1, -0.05) is 24.6 Å². The second kappa shape index (κ2) is 7.81. The molecule has 0 spiro atoms. The number of hydrogen-bond acceptors (Lipinski definition) is 5. The molecule has 1 aromatic heterocycles. The lowest BCUT2D eigenvalue weighted by atomic mass is 10.2. The molecule has 0 aliphatic rings. The van der Waals surface area contributed by atoms with E-state index in [9.17, 15) is 4.79 Å². The number of carbonyl (C=O) groups excluding carboxylic acids is 1. The second-order valence-corrected chi connectivity index (χ2v) is 5.66. The predicted molar refractivity (Wildman–Crippen MR) is 94.7 cm³/mol. The zero-order valence-electron chi connectivity index (χ0n) is 13.5. The van der Waals surface area contributed by atoms with E-state index in [1.54, 1.807) is 48.5 Å². The first kappa shape index (κ1) is 17.0. The van der Waals surface area contributed by atoms with Gasteiger partial charge in [0.05, 0.1) is 0 Å². The van der Waals surface area contributed by atoms with E-state index in [0.717, 1.165) is 5.56 Å². The molecule has 0 aliphatic heterocycles. The molecule has 1 heterocycles. The second-order valence-electron chi connectivity index (χ2n) is 5.23. The predicted octanol–water partition coefficient (Wildman–Crippen LogP) is 3.97. The summed E-state index contributed by atoms with van der Waals surface area (Å²) in [6.45, 7) is 1.84. The number of nitrogens with one attached hydrogen (secondary N) is 1. The average molecular weight is 358 g/mol. The Morgan fingerprint density at radius 1 is 1.20 bits per heavy atom. The zero-order valence-corrected chi connectivity index (χ0v) is 14.3. The number of amides is 1. The van der Waals surface area contributed by atoms with Crippen molar-refractivity contribution in [3.05, 3.63) is 59.4 Å². The van der Waals surface area contributed by atoms with Gasteiger partial charge in [-0.15, -0.1) is 10.2 Å². The molecule has 0 bridgehead atoms. The number of ether oxygens (including phenoxy) is 1. The van der Waals surface area contributed by atoms with Gasteiger partial charge in [0.15, 0.2) is 6.61 Å². The lowest BCUT2D eigenvalue weighted by Gasteiger charge is -2.08. The molecule has 0 saturated heterocycles. The molecule has 1 N–H and O–H groups in total. The number of hydrogen-bond donors (Lipinski definition) is 1. The lowest BCUT2D eigenvalue weighted by molar-refractivity contribution is -0.118. The monoisotopic (exact) mass is 357 g/mol. The minimum absolute atomic E-state index is 0.105. The molecule has 6 nitrogen and oxygen atoms in total. The minimum Gasteiger partial charge on any atom is -0.484 e. The van der Waals surface area contributed by atoms with E-state index in [1.165, 1.54) is 0 Å². The van der Waals surface area contributed by atoms with Gasteiger partial charge in [-0.05, 0) is 42.5 Å². The maximum absolute atomic E-state index is 11.9. The van der Waals surface area contributed by atoms with Crippen molar-refractivity contribution < 1.29 is 13.9 Å². The molecule has 1 amide bonds. The summed E-state index contributed by atoms with van der Waals surface area (Å²) in [5.74, 6) is 1.35. The molecular formula is C18H16ClN3O3. The largest absolute Gasteiger partial charge is 0.484 e. The fourth-order valence-corrected chi connectivity index (χ4v) is 2.31. The van der Waals surface area contributed by atoms with Gasteiger partial charge in [0, 0.05) is 22.7 Å². The number of halogens is 1. The van der Waals surface area contributed by atoms with Crippen LogP contribution in [0.2, 0.25) is 5.02 Å². The Morgan fingerprint density at radius 2 is 2.00 bits per heavy atom. The van der Waals surface area contributed by atoms with E-state index < -0.39 is 0 Å². The van der Waals surface area contributed by atoms with Crippen LogP contribution in [0.1, 0.15) is 12.8 Å². The number of benzene rings is 2. The van der Waals surface area contributed by atoms with Gasteiger partial charge in [0.1, 0.15) is 5.75 Å². The van der Waals surface area contributed by atoms with Gasteiger partial charge in [0.25, 0.3) is 5.91 Å². The molecule has 0 radical (unpaired) electrons. The van der Waals surface area contributed by atoms with Crippen molar-refractivity contribution in [2.75, 3.05) is 11.9 Å². The van der Waals surface area contributed by atoms with Crippen LogP contribution in [0.3, 0.4) is 0 Å². The van der Waals surface area contributed by atoms with E-state index >= 15 is 0 Å². The highest BCUT2D eigenvalue weighted by Crippen LogP contribution is 2.21. The molecule has 25 heavy (non-hydrogen) atoms. The molecule has 0 fully saturated rings. The van der Waals surface area contributed by atoms with Crippen molar-refractivity contribution in [2.45, 2.75) is 13.3 Å². The molecule has 3 aromatic rings. The summed E-state index contributed by atoms with van der Waals surface area (Å²) < 4.78 is 11.0. The number of aromatic nitrogens is 2. The fraction of sp³-hybridized carbons (Fsp3) is 0.167. The first-order chi connectivity index (χ1) is 12.1. The Hall–Kier alpha value is -2.86. The van der Waals surface area contributed by atoms with Gasteiger partial charge in [0.2, 0.25) is 11.8 Å². The van der Waals surface area contributed by atoms with Crippen LogP contribution in [-0.4, -0.2) is 22.7 Å². The highest BCUT2D eigenvalue weighted by atomic mass is 35.5. The van der Waals surface area contributed by atoms with E-state index in [2.05, 4.69) is 15.5 Å². The van der Waals surface area contributed by atoms with E-state index in [0.29, 0.717) is 34.7 Å². The Kier molecular flexibility index (Phi) is 5.30. The van der Waals surface area contributed by atoms with Gasteiger partial charge >= 0.3 is 0 Å². The van der Waals surface area contributed by atoms with Crippen LogP contribution < -0.4 is 10.1 Å². The van der Waals surface area contributed by atoms with Crippen molar-refractivity contribution in [3.63, 3.8) is 0 Å². The van der Waals surface area contributed by atoms with E-state index in [-0.39, 0.29) is 12.5 Å². The summed E-state index contributed by atoms with van der Waals surface area (Å²) in [5.41, 5.74) is 1.42. The number of anilines is 1. The molecule has 0 atom stereocenters. The Bertz CT molecular complexity index is 862. The fourth-order valence-electron chi connectivity index (χ4n) is 2.12. The van der Waals surface area contributed by atoms with Crippen LogP contribution in [0.25, 0.3) is 11.5 Å². The van der Waals surface area contributed by atoms with Crippen LogP contribution in [0, 0.1) is 0 Å². The van der Waals surface area contributed by atoms with Crippen LogP contribution in [0.5, 0.6) is 5.75 Å². The molecule has 0 unspecified atom stereocenters.